The van der Waals surface area contributed by atoms with E-state index in [-0.39, 0.29) is 6.10 Å². The molecule has 1 aliphatic rings. The fraction of sp³-hybridized carbons (Fsp3) is 0.381. The van der Waals surface area contributed by atoms with Crippen molar-refractivity contribution in [3.63, 3.8) is 0 Å². The van der Waals surface area contributed by atoms with Crippen molar-refractivity contribution in [2.75, 3.05) is 11.4 Å². The molecule has 0 fully saturated rings. The van der Waals surface area contributed by atoms with E-state index in [4.69, 9.17) is 4.74 Å². The molecule has 0 amide bonds. The lowest BCUT2D eigenvalue weighted by Crippen LogP contribution is -2.35. The van der Waals surface area contributed by atoms with E-state index in [1.165, 1.54) is 0 Å². The second kappa shape index (κ2) is 7.40. The van der Waals surface area contributed by atoms with Crippen molar-refractivity contribution >= 4 is 16.7 Å². The van der Waals surface area contributed by atoms with E-state index in [1.54, 1.807) is 6.33 Å². The SMILES string of the molecule is CCc1nnc2n1CCN(c1cc(-c3n[nH]c4ccc(OC(C)C)cc34)ncn1)C2. The van der Waals surface area contributed by atoms with Crippen molar-refractivity contribution in [3.8, 4) is 17.1 Å². The number of fused-ring (bicyclic) bond motifs is 2. The highest BCUT2D eigenvalue weighted by atomic mass is 16.5. The Morgan fingerprint density at radius 1 is 1.13 bits per heavy atom. The van der Waals surface area contributed by atoms with Crippen LogP contribution in [0.2, 0.25) is 0 Å². The normalized spacial score (nSPS) is 13.8. The van der Waals surface area contributed by atoms with Gasteiger partial charge in [-0.3, -0.25) is 5.10 Å². The smallest absolute Gasteiger partial charge is 0.152 e. The summed E-state index contributed by atoms with van der Waals surface area (Å²) in [5.41, 5.74) is 2.50. The average molecular weight is 404 g/mol. The topological polar surface area (TPSA) is 97.6 Å². The van der Waals surface area contributed by atoms with Crippen molar-refractivity contribution in [1.82, 2.24) is 34.9 Å². The third-order valence-corrected chi connectivity index (χ3v) is 5.27. The van der Waals surface area contributed by atoms with E-state index in [9.17, 15) is 0 Å². The van der Waals surface area contributed by atoms with Gasteiger partial charge in [0.1, 0.15) is 29.4 Å². The predicted molar refractivity (Wildman–Crippen MR) is 113 cm³/mol. The van der Waals surface area contributed by atoms with Crippen LogP contribution in [0.3, 0.4) is 0 Å². The Kier molecular flexibility index (Phi) is 4.57. The Hall–Kier alpha value is -3.49. The van der Waals surface area contributed by atoms with Crippen LogP contribution in [-0.4, -0.2) is 47.6 Å². The molecule has 1 N–H and O–H groups in total. The Labute approximate surface area is 174 Å². The Morgan fingerprint density at radius 3 is 2.87 bits per heavy atom. The molecule has 0 aliphatic carbocycles. The number of nitrogens with one attached hydrogen (secondary N) is 1. The van der Waals surface area contributed by atoms with Crippen LogP contribution in [0.5, 0.6) is 5.75 Å². The molecule has 4 heterocycles. The molecule has 1 aliphatic heterocycles. The van der Waals surface area contributed by atoms with Gasteiger partial charge in [0.15, 0.2) is 5.82 Å². The number of rotatable bonds is 5. The van der Waals surface area contributed by atoms with Gasteiger partial charge in [0.2, 0.25) is 0 Å². The Balaban J connectivity index is 1.47. The fourth-order valence-electron chi connectivity index (χ4n) is 3.86. The fourth-order valence-corrected chi connectivity index (χ4v) is 3.86. The van der Waals surface area contributed by atoms with Gasteiger partial charge in [0.05, 0.1) is 23.9 Å². The van der Waals surface area contributed by atoms with Gasteiger partial charge in [-0.15, -0.1) is 10.2 Å². The maximum Gasteiger partial charge on any atom is 0.152 e. The lowest BCUT2D eigenvalue weighted by Gasteiger charge is -2.28. The summed E-state index contributed by atoms with van der Waals surface area (Å²) < 4.78 is 8.05. The average Bonchev–Trinajstić information content (AvgIpc) is 3.36. The number of aromatic amines is 1. The molecule has 0 atom stereocenters. The Morgan fingerprint density at radius 2 is 2.03 bits per heavy atom. The first kappa shape index (κ1) is 18.5. The van der Waals surface area contributed by atoms with Crippen LogP contribution in [0.1, 0.15) is 32.4 Å². The number of benzene rings is 1. The molecule has 0 saturated heterocycles. The molecule has 0 radical (unpaired) electrons. The van der Waals surface area contributed by atoms with Gasteiger partial charge in [-0.25, -0.2) is 9.97 Å². The molecule has 9 nitrogen and oxygen atoms in total. The largest absolute Gasteiger partial charge is 0.491 e. The highest BCUT2D eigenvalue weighted by Gasteiger charge is 2.22. The van der Waals surface area contributed by atoms with E-state index in [0.29, 0.717) is 6.54 Å². The summed E-state index contributed by atoms with van der Waals surface area (Å²) in [5, 5.41) is 17.2. The summed E-state index contributed by atoms with van der Waals surface area (Å²) in [5.74, 6) is 3.68. The molecular weight excluding hydrogens is 380 g/mol. The molecule has 9 heteroatoms. The third kappa shape index (κ3) is 3.26. The summed E-state index contributed by atoms with van der Waals surface area (Å²) in [6.45, 7) is 8.51. The van der Waals surface area contributed by atoms with Crippen molar-refractivity contribution in [1.29, 1.82) is 0 Å². The zero-order valence-electron chi connectivity index (χ0n) is 17.3. The quantitative estimate of drug-likeness (QED) is 0.546. The van der Waals surface area contributed by atoms with Crippen LogP contribution in [0.4, 0.5) is 5.82 Å². The van der Waals surface area contributed by atoms with E-state index < -0.39 is 0 Å². The molecule has 0 bridgehead atoms. The molecule has 30 heavy (non-hydrogen) atoms. The van der Waals surface area contributed by atoms with E-state index in [0.717, 1.165) is 65.0 Å². The number of aryl methyl sites for hydroxylation is 1. The summed E-state index contributed by atoms with van der Waals surface area (Å²) in [6.07, 6.45) is 2.59. The monoisotopic (exact) mass is 404 g/mol. The molecule has 4 aromatic rings. The van der Waals surface area contributed by atoms with Gasteiger partial charge in [0, 0.05) is 31.0 Å². The third-order valence-electron chi connectivity index (χ3n) is 5.27. The number of ether oxygens (including phenoxy) is 1. The molecule has 3 aromatic heterocycles. The zero-order chi connectivity index (χ0) is 20.7. The molecular formula is C21H24N8O. The summed E-state index contributed by atoms with van der Waals surface area (Å²) in [7, 11) is 0. The Bertz CT molecular complexity index is 1190. The molecule has 0 saturated carbocycles. The summed E-state index contributed by atoms with van der Waals surface area (Å²) >= 11 is 0. The highest BCUT2D eigenvalue weighted by Crippen LogP contribution is 2.30. The van der Waals surface area contributed by atoms with Crippen molar-refractivity contribution < 1.29 is 4.74 Å². The van der Waals surface area contributed by atoms with E-state index in [2.05, 4.69) is 46.8 Å². The number of nitrogens with zero attached hydrogens (tertiary/aromatic N) is 7. The van der Waals surface area contributed by atoms with Gasteiger partial charge >= 0.3 is 0 Å². The van der Waals surface area contributed by atoms with Crippen molar-refractivity contribution in [2.24, 2.45) is 0 Å². The van der Waals surface area contributed by atoms with Gasteiger partial charge in [-0.1, -0.05) is 6.92 Å². The second-order valence-corrected chi connectivity index (χ2v) is 7.67. The molecule has 154 valence electrons. The number of hydrogen-bond donors (Lipinski definition) is 1. The second-order valence-electron chi connectivity index (χ2n) is 7.67. The molecule has 5 rings (SSSR count). The first-order valence-corrected chi connectivity index (χ1v) is 10.3. The van der Waals surface area contributed by atoms with Crippen LogP contribution in [0.25, 0.3) is 22.3 Å². The maximum atomic E-state index is 5.85. The summed E-state index contributed by atoms with van der Waals surface area (Å²) in [4.78, 5) is 11.2. The first-order valence-electron chi connectivity index (χ1n) is 10.3. The lowest BCUT2D eigenvalue weighted by atomic mass is 10.1. The standard InChI is InChI=1S/C21H24N8O/c1-4-18-25-26-20-11-28(7-8-29(18)20)19-10-17(22-12-23-19)21-15-9-14(30-13(2)3)5-6-16(15)24-27-21/h5-6,9-10,12-13H,4,7-8,11H2,1-3H3,(H,24,27). The highest BCUT2D eigenvalue weighted by molar-refractivity contribution is 5.93. The van der Waals surface area contributed by atoms with Gasteiger partial charge in [0.25, 0.3) is 0 Å². The van der Waals surface area contributed by atoms with Crippen LogP contribution in [-0.2, 0) is 19.5 Å². The predicted octanol–water partition coefficient (Wildman–Crippen LogP) is 2.98. The maximum absolute atomic E-state index is 5.85. The number of anilines is 1. The molecule has 1 aromatic carbocycles. The van der Waals surface area contributed by atoms with Crippen molar-refractivity contribution in [3.05, 3.63) is 42.2 Å². The van der Waals surface area contributed by atoms with Crippen LogP contribution in [0, 0.1) is 0 Å². The number of H-pyrrole nitrogens is 1. The lowest BCUT2D eigenvalue weighted by molar-refractivity contribution is 0.243. The summed E-state index contributed by atoms with van der Waals surface area (Å²) in [6, 6.07) is 7.92. The minimum absolute atomic E-state index is 0.109. The van der Waals surface area contributed by atoms with Gasteiger partial charge < -0.3 is 14.2 Å². The molecule has 0 spiro atoms. The van der Waals surface area contributed by atoms with Crippen LogP contribution in [0.15, 0.2) is 30.6 Å². The van der Waals surface area contributed by atoms with Crippen LogP contribution >= 0.6 is 0 Å². The first-order chi connectivity index (χ1) is 14.6. The van der Waals surface area contributed by atoms with Crippen molar-refractivity contribution in [2.45, 2.75) is 46.4 Å². The van der Waals surface area contributed by atoms with E-state index in [1.807, 2.05) is 38.1 Å². The number of hydrogen-bond acceptors (Lipinski definition) is 7. The zero-order valence-corrected chi connectivity index (χ0v) is 17.3. The van der Waals surface area contributed by atoms with Gasteiger partial charge in [-0.05, 0) is 32.0 Å². The van der Waals surface area contributed by atoms with E-state index >= 15 is 0 Å². The minimum atomic E-state index is 0.109. The molecule has 0 unspecified atom stereocenters. The van der Waals surface area contributed by atoms with Crippen LogP contribution < -0.4 is 9.64 Å². The number of aromatic nitrogens is 7. The van der Waals surface area contributed by atoms with Gasteiger partial charge in [-0.2, -0.15) is 5.10 Å². The minimum Gasteiger partial charge on any atom is -0.491 e.